The number of carbonyl (C=O) groups excluding carboxylic acids is 1. The maximum atomic E-state index is 12.5. The lowest BCUT2D eigenvalue weighted by atomic mass is 10.0. The highest BCUT2D eigenvalue weighted by atomic mass is 16.2. The summed E-state index contributed by atoms with van der Waals surface area (Å²) in [7, 11) is 0. The molecule has 3 rings (SSSR count). The normalized spacial score (nSPS) is 14.1. The zero-order chi connectivity index (χ0) is 14.8. The predicted molar refractivity (Wildman–Crippen MR) is 77.8 cm³/mol. The van der Waals surface area contributed by atoms with Crippen molar-refractivity contribution in [1.82, 2.24) is 25.1 Å². The Kier molecular flexibility index (Phi) is 3.68. The first-order chi connectivity index (χ1) is 10.2. The van der Waals surface area contributed by atoms with Crippen LogP contribution in [0.1, 0.15) is 47.0 Å². The van der Waals surface area contributed by atoms with Gasteiger partial charge in [-0.2, -0.15) is 5.10 Å². The maximum Gasteiger partial charge on any atom is 0.257 e. The Balaban J connectivity index is 1.79. The molecule has 6 heteroatoms. The number of rotatable bonds is 3. The van der Waals surface area contributed by atoms with Crippen LogP contribution < -0.4 is 0 Å². The van der Waals surface area contributed by atoms with Crippen LogP contribution in [0.4, 0.5) is 0 Å². The molecule has 1 amide bonds. The van der Waals surface area contributed by atoms with E-state index >= 15 is 0 Å². The second-order valence-corrected chi connectivity index (χ2v) is 5.20. The van der Waals surface area contributed by atoms with E-state index in [9.17, 15) is 4.79 Å². The van der Waals surface area contributed by atoms with Gasteiger partial charge in [0, 0.05) is 49.6 Å². The van der Waals surface area contributed by atoms with Crippen LogP contribution in [0.25, 0.3) is 0 Å². The smallest absolute Gasteiger partial charge is 0.257 e. The first-order valence-corrected chi connectivity index (χ1v) is 7.38. The third-order valence-corrected chi connectivity index (χ3v) is 3.91. The van der Waals surface area contributed by atoms with Crippen LogP contribution in [-0.4, -0.2) is 37.5 Å². The fourth-order valence-electron chi connectivity index (χ4n) is 2.65. The molecule has 21 heavy (non-hydrogen) atoms. The van der Waals surface area contributed by atoms with Gasteiger partial charge in [0.05, 0.1) is 11.3 Å². The third kappa shape index (κ3) is 2.53. The van der Waals surface area contributed by atoms with Gasteiger partial charge in [-0.15, -0.1) is 0 Å². The standard InChI is InChI=1S/C15H19N5O/c1-3-12-11-9-20(6-5-13(11)19-18-12)15(21)10-7-16-14(4-2)17-8-10/h7-8H,3-6,9H2,1-2H3,(H,18,19). The summed E-state index contributed by atoms with van der Waals surface area (Å²) < 4.78 is 0. The minimum Gasteiger partial charge on any atom is -0.334 e. The number of fused-ring (bicyclic) bond motifs is 1. The summed E-state index contributed by atoms with van der Waals surface area (Å²) in [6.07, 6.45) is 5.72. The largest absolute Gasteiger partial charge is 0.334 e. The van der Waals surface area contributed by atoms with Crippen molar-refractivity contribution in [2.45, 2.75) is 39.7 Å². The third-order valence-electron chi connectivity index (χ3n) is 3.91. The van der Waals surface area contributed by atoms with Crippen LogP contribution >= 0.6 is 0 Å². The summed E-state index contributed by atoms with van der Waals surface area (Å²) in [6.45, 7) is 5.39. The molecule has 3 heterocycles. The molecule has 1 aliphatic rings. The Morgan fingerprint density at radius 3 is 2.71 bits per heavy atom. The van der Waals surface area contributed by atoms with Gasteiger partial charge in [-0.05, 0) is 6.42 Å². The van der Waals surface area contributed by atoms with Gasteiger partial charge < -0.3 is 4.90 Å². The lowest BCUT2D eigenvalue weighted by Gasteiger charge is -2.27. The van der Waals surface area contributed by atoms with Crippen LogP contribution in [-0.2, 0) is 25.8 Å². The average Bonchev–Trinajstić information content (AvgIpc) is 2.96. The molecule has 1 aliphatic heterocycles. The van der Waals surface area contributed by atoms with E-state index in [0.29, 0.717) is 18.7 Å². The molecule has 0 aliphatic carbocycles. The van der Waals surface area contributed by atoms with Crippen molar-refractivity contribution < 1.29 is 4.79 Å². The van der Waals surface area contributed by atoms with Gasteiger partial charge in [0.1, 0.15) is 5.82 Å². The number of aromatic nitrogens is 4. The molecule has 0 atom stereocenters. The van der Waals surface area contributed by atoms with Crippen molar-refractivity contribution in [2.24, 2.45) is 0 Å². The van der Waals surface area contributed by atoms with E-state index in [-0.39, 0.29) is 5.91 Å². The minimum atomic E-state index is -0.00782. The number of amides is 1. The zero-order valence-corrected chi connectivity index (χ0v) is 12.4. The number of carbonyl (C=O) groups is 1. The number of aromatic amines is 1. The zero-order valence-electron chi connectivity index (χ0n) is 12.4. The van der Waals surface area contributed by atoms with E-state index in [1.807, 2.05) is 11.8 Å². The molecular formula is C15H19N5O. The van der Waals surface area contributed by atoms with Crippen molar-refractivity contribution in [3.05, 3.63) is 40.7 Å². The van der Waals surface area contributed by atoms with E-state index in [1.54, 1.807) is 12.4 Å². The number of hydrogen-bond acceptors (Lipinski definition) is 4. The van der Waals surface area contributed by atoms with Crippen molar-refractivity contribution >= 4 is 5.91 Å². The van der Waals surface area contributed by atoms with Gasteiger partial charge in [0.2, 0.25) is 0 Å². The molecule has 110 valence electrons. The van der Waals surface area contributed by atoms with Gasteiger partial charge in [0.25, 0.3) is 5.91 Å². The monoisotopic (exact) mass is 285 g/mol. The Hall–Kier alpha value is -2.24. The SMILES string of the molecule is CCc1ncc(C(=O)N2CCc3[nH]nc(CC)c3C2)cn1. The van der Waals surface area contributed by atoms with Gasteiger partial charge >= 0.3 is 0 Å². The van der Waals surface area contributed by atoms with E-state index in [4.69, 9.17) is 0 Å². The number of aryl methyl sites for hydroxylation is 2. The lowest BCUT2D eigenvalue weighted by Crippen LogP contribution is -2.36. The van der Waals surface area contributed by atoms with E-state index in [0.717, 1.165) is 36.5 Å². The van der Waals surface area contributed by atoms with Crippen LogP contribution in [0, 0.1) is 0 Å². The quantitative estimate of drug-likeness (QED) is 0.928. The van der Waals surface area contributed by atoms with Crippen molar-refractivity contribution in [3.8, 4) is 0 Å². The molecule has 0 spiro atoms. The first-order valence-electron chi connectivity index (χ1n) is 7.38. The highest BCUT2D eigenvalue weighted by Crippen LogP contribution is 2.21. The fraction of sp³-hybridized carbons (Fsp3) is 0.467. The Bertz CT molecular complexity index is 633. The van der Waals surface area contributed by atoms with Crippen molar-refractivity contribution in [1.29, 1.82) is 0 Å². The van der Waals surface area contributed by atoms with Gasteiger partial charge in [-0.3, -0.25) is 9.89 Å². The number of hydrogen-bond donors (Lipinski definition) is 1. The Labute approximate surface area is 123 Å². The highest BCUT2D eigenvalue weighted by Gasteiger charge is 2.25. The summed E-state index contributed by atoms with van der Waals surface area (Å²) in [5, 5.41) is 7.40. The molecule has 0 fully saturated rings. The Morgan fingerprint density at radius 2 is 2.05 bits per heavy atom. The number of nitrogens with zero attached hydrogens (tertiary/aromatic N) is 4. The van der Waals surface area contributed by atoms with Crippen LogP contribution in [0.15, 0.2) is 12.4 Å². The summed E-state index contributed by atoms with van der Waals surface area (Å²) >= 11 is 0. The summed E-state index contributed by atoms with van der Waals surface area (Å²) in [6, 6.07) is 0. The molecule has 0 aromatic carbocycles. The predicted octanol–water partition coefficient (Wildman–Crippen LogP) is 1.52. The second-order valence-electron chi connectivity index (χ2n) is 5.20. The average molecular weight is 285 g/mol. The molecule has 2 aromatic heterocycles. The van der Waals surface area contributed by atoms with Gasteiger partial charge in [-0.1, -0.05) is 13.8 Å². The lowest BCUT2D eigenvalue weighted by molar-refractivity contribution is 0.0733. The molecule has 0 bridgehead atoms. The molecule has 6 nitrogen and oxygen atoms in total. The maximum absolute atomic E-state index is 12.5. The molecule has 0 unspecified atom stereocenters. The number of nitrogens with one attached hydrogen (secondary N) is 1. The second kappa shape index (κ2) is 5.63. The van der Waals surface area contributed by atoms with Crippen LogP contribution in [0.2, 0.25) is 0 Å². The first kappa shape index (κ1) is 13.7. The summed E-state index contributed by atoms with van der Waals surface area (Å²) in [4.78, 5) is 22.8. The van der Waals surface area contributed by atoms with Crippen molar-refractivity contribution in [2.75, 3.05) is 6.54 Å². The summed E-state index contributed by atoms with van der Waals surface area (Å²) in [5.74, 6) is 0.752. The fourth-order valence-corrected chi connectivity index (χ4v) is 2.65. The molecule has 0 saturated heterocycles. The van der Waals surface area contributed by atoms with Crippen LogP contribution in [0.3, 0.4) is 0 Å². The van der Waals surface area contributed by atoms with E-state index in [1.165, 1.54) is 5.56 Å². The van der Waals surface area contributed by atoms with Gasteiger partial charge in [-0.25, -0.2) is 9.97 Å². The van der Waals surface area contributed by atoms with Crippen LogP contribution in [0.5, 0.6) is 0 Å². The van der Waals surface area contributed by atoms with E-state index in [2.05, 4.69) is 27.1 Å². The topological polar surface area (TPSA) is 74.8 Å². The highest BCUT2D eigenvalue weighted by molar-refractivity contribution is 5.93. The Morgan fingerprint density at radius 1 is 1.29 bits per heavy atom. The summed E-state index contributed by atoms with van der Waals surface area (Å²) in [5.41, 5.74) is 3.94. The van der Waals surface area contributed by atoms with E-state index < -0.39 is 0 Å². The molecule has 0 saturated carbocycles. The molecule has 0 radical (unpaired) electrons. The van der Waals surface area contributed by atoms with Crippen molar-refractivity contribution in [3.63, 3.8) is 0 Å². The number of H-pyrrole nitrogens is 1. The minimum absolute atomic E-state index is 0.00782. The van der Waals surface area contributed by atoms with Gasteiger partial charge in [0.15, 0.2) is 0 Å². The molecule has 2 aromatic rings. The molecular weight excluding hydrogens is 266 g/mol. The molecule has 1 N–H and O–H groups in total.